The lowest BCUT2D eigenvalue weighted by atomic mass is 9.97. The van der Waals surface area contributed by atoms with Gasteiger partial charge in [0.2, 0.25) is 0 Å². The summed E-state index contributed by atoms with van der Waals surface area (Å²) in [7, 11) is 0. The van der Waals surface area contributed by atoms with E-state index in [0.717, 1.165) is 0 Å². The number of aliphatic carboxylic acids is 1. The molecule has 0 aliphatic heterocycles. The summed E-state index contributed by atoms with van der Waals surface area (Å²) in [5.74, 6) is 0.926. The van der Waals surface area contributed by atoms with Gasteiger partial charge in [0.05, 0.1) is 5.92 Å². The van der Waals surface area contributed by atoms with Crippen molar-refractivity contribution >= 4 is 17.7 Å². The first kappa shape index (κ1) is 12.5. The molecule has 1 unspecified atom stereocenters. The lowest BCUT2D eigenvalue weighted by molar-refractivity contribution is -0.138. The molecular formula is C11H12N2O2S. The summed E-state index contributed by atoms with van der Waals surface area (Å²) < 4.78 is 0. The van der Waals surface area contributed by atoms with Gasteiger partial charge in [-0.05, 0) is 12.7 Å². The Morgan fingerprint density at radius 2 is 2.25 bits per heavy atom. The van der Waals surface area contributed by atoms with Gasteiger partial charge in [-0.25, -0.2) is 9.97 Å². The van der Waals surface area contributed by atoms with Gasteiger partial charge in [0.1, 0.15) is 0 Å². The maximum absolute atomic E-state index is 11.0. The number of carboxylic acid groups (broad SMARTS) is 1. The average Bonchev–Trinajstić information content (AvgIpc) is 2.30. The highest BCUT2D eigenvalue weighted by molar-refractivity contribution is 7.98. The van der Waals surface area contributed by atoms with Gasteiger partial charge in [0.25, 0.3) is 0 Å². The molecule has 0 saturated heterocycles. The fourth-order valence-corrected chi connectivity index (χ4v) is 1.59. The van der Waals surface area contributed by atoms with Crippen molar-refractivity contribution in [2.45, 2.75) is 23.9 Å². The van der Waals surface area contributed by atoms with Crippen molar-refractivity contribution in [2.75, 3.05) is 6.26 Å². The Kier molecular flexibility index (Phi) is 4.80. The topological polar surface area (TPSA) is 63.1 Å². The number of thioether (sulfide) groups is 1. The van der Waals surface area contributed by atoms with Crippen molar-refractivity contribution in [3.05, 3.63) is 18.0 Å². The van der Waals surface area contributed by atoms with Crippen molar-refractivity contribution < 1.29 is 9.90 Å². The van der Waals surface area contributed by atoms with Crippen LogP contribution in [-0.2, 0) is 4.79 Å². The molecule has 84 valence electrons. The van der Waals surface area contributed by atoms with E-state index in [9.17, 15) is 4.79 Å². The second-order valence-corrected chi connectivity index (χ2v) is 3.91. The molecule has 1 aromatic rings. The maximum atomic E-state index is 11.0. The Morgan fingerprint density at radius 1 is 1.62 bits per heavy atom. The van der Waals surface area contributed by atoms with Gasteiger partial charge in [-0.15, -0.1) is 12.3 Å². The standard InChI is InChI=1S/C11H12N2O2S/c1-3-4-5-9(10(14)15)8-6-12-11(16-2)13-7-8/h1,6-7,9H,4-5H2,2H3,(H,14,15). The van der Waals surface area contributed by atoms with Crippen molar-refractivity contribution in [3.8, 4) is 12.3 Å². The number of carbonyl (C=O) groups is 1. The summed E-state index contributed by atoms with van der Waals surface area (Å²) in [5.41, 5.74) is 0.598. The van der Waals surface area contributed by atoms with Crippen LogP contribution in [0.5, 0.6) is 0 Å². The minimum atomic E-state index is -0.893. The zero-order chi connectivity index (χ0) is 12.0. The molecule has 0 radical (unpaired) electrons. The molecule has 0 spiro atoms. The fraction of sp³-hybridized carbons (Fsp3) is 0.364. The van der Waals surface area contributed by atoms with Crippen molar-refractivity contribution in [3.63, 3.8) is 0 Å². The largest absolute Gasteiger partial charge is 0.481 e. The lowest BCUT2D eigenvalue weighted by Gasteiger charge is -2.10. The van der Waals surface area contributed by atoms with Crippen LogP contribution >= 0.6 is 11.8 Å². The average molecular weight is 236 g/mol. The molecule has 4 nitrogen and oxygen atoms in total. The number of carboxylic acids is 1. The molecule has 1 heterocycles. The van der Waals surface area contributed by atoms with Crippen LogP contribution in [0.2, 0.25) is 0 Å². The number of aromatic nitrogens is 2. The molecule has 0 saturated carbocycles. The lowest BCUT2D eigenvalue weighted by Crippen LogP contribution is -2.12. The van der Waals surface area contributed by atoms with E-state index < -0.39 is 11.9 Å². The molecule has 0 amide bonds. The molecule has 1 N–H and O–H groups in total. The Bertz CT molecular complexity index is 397. The SMILES string of the molecule is C#CCCC(C(=O)O)c1cnc(SC)nc1. The summed E-state index contributed by atoms with van der Waals surface area (Å²) in [6.07, 6.45) is 10.9. The van der Waals surface area contributed by atoms with Crippen molar-refractivity contribution in [1.29, 1.82) is 0 Å². The molecule has 0 bridgehead atoms. The van der Waals surface area contributed by atoms with Gasteiger partial charge in [-0.2, -0.15) is 0 Å². The quantitative estimate of drug-likeness (QED) is 0.479. The number of hydrogen-bond acceptors (Lipinski definition) is 4. The zero-order valence-corrected chi connectivity index (χ0v) is 9.70. The van der Waals surface area contributed by atoms with E-state index in [1.807, 2.05) is 6.26 Å². The first-order chi connectivity index (χ1) is 7.69. The van der Waals surface area contributed by atoms with E-state index in [1.54, 1.807) is 12.4 Å². The van der Waals surface area contributed by atoms with Crippen molar-refractivity contribution in [1.82, 2.24) is 9.97 Å². The van der Waals surface area contributed by atoms with Crippen LogP contribution in [-0.4, -0.2) is 27.3 Å². The van der Waals surface area contributed by atoms with E-state index in [-0.39, 0.29) is 0 Å². The Hall–Kier alpha value is -1.54. The first-order valence-corrected chi connectivity index (χ1v) is 5.93. The Balaban J connectivity index is 2.84. The van der Waals surface area contributed by atoms with Crippen LogP contribution in [0.1, 0.15) is 24.3 Å². The van der Waals surface area contributed by atoms with Crippen LogP contribution < -0.4 is 0 Å². The third-order valence-corrected chi connectivity index (χ3v) is 2.68. The summed E-state index contributed by atoms with van der Waals surface area (Å²) in [6.45, 7) is 0. The van der Waals surface area contributed by atoms with Crippen LogP contribution in [0.25, 0.3) is 0 Å². The highest BCUT2D eigenvalue weighted by atomic mass is 32.2. The second-order valence-electron chi connectivity index (χ2n) is 3.14. The second kappa shape index (κ2) is 6.13. The van der Waals surface area contributed by atoms with E-state index in [4.69, 9.17) is 11.5 Å². The van der Waals surface area contributed by atoms with E-state index in [2.05, 4.69) is 15.9 Å². The van der Waals surface area contributed by atoms with E-state index in [1.165, 1.54) is 11.8 Å². The molecule has 1 atom stereocenters. The minimum absolute atomic E-state index is 0.411. The molecule has 0 aromatic carbocycles. The first-order valence-electron chi connectivity index (χ1n) is 4.71. The molecule has 0 fully saturated rings. The summed E-state index contributed by atoms with van der Waals surface area (Å²) in [5, 5.41) is 9.68. The zero-order valence-electron chi connectivity index (χ0n) is 8.88. The molecule has 1 rings (SSSR count). The summed E-state index contributed by atoms with van der Waals surface area (Å²) in [6, 6.07) is 0. The van der Waals surface area contributed by atoms with Gasteiger partial charge in [-0.1, -0.05) is 11.8 Å². The molecular weight excluding hydrogens is 224 g/mol. The molecule has 16 heavy (non-hydrogen) atoms. The van der Waals surface area contributed by atoms with Gasteiger partial charge in [0.15, 0.2) is 5.16 Å². The Labute approximate surface area is 98.5 Å². The predicted molar refractivity (Wildman–Crippen MR) is 62.3 cm³/mol. The predicted octanol–water partition coefficient (Wildman–Crippen LogP) is 1.78. The van der Waals surface area contributed by atoms with Crippen LogP contribution in [0.4, 0.5) is 0 Å². The molecule has 5 heteroatoms. The minimum Gasteiger partial charge on any atom is -0.481 e. The van der Waals surface area contributed by atoms with E-state index >= 15 is 0 Å². The number of nitrogens with zero attached hydrogens (tertiary/aromatic N) is 2. The summed E-state index contributed by atoms with van der Waals surface area (Å²) in [4.78, 5) is 19.1. The van der Waals surface area contributed by atoms with Gasteiger partial charge in [0, 0.05) is 24.4 Å². The van der Waals surface area contributed by atoms with E-state index in [0.29, 0.717) is 23.6 Å². The van der Waals surface area contributed by atoms with Crippen LogP contribution in [0.3, 0.4) is 0 Å². The highest BCUT2D eigenvalue weighted by Crippen LogP contribution is 2.21. The third-order valence-electron chi connectivity index (χ3n) is 2.11. The van der Waals surface area contributed by atoms with Crippen LogP contribution in [0.15, 0.2) is 17.6 Å². The van der Waals surface area contributed by atoms with Crippen molar-refractivity contribution in [2.24, 2.45) is 0 Å². The maximum Gasteiger partial charge on any atom is 0.311 e. The molecule has 0 aliphatic rings. The molecule has 1 aromatic heterocycles. The van der Waals surface area contributed by atoms with Crippen LogP contribution in [0, 0.1) is 12.3 Å². The smallest absolute Gasteiger partial charge is 0.311 e. The highest BCUT2D eigenvalue weighted by Gasteiger charge is 2.19. The number of hydrogen-bond donors (Lipinski definition) is 1. The fourth-order valence-electron chi connectivity index (χ4n) is 1.27. The van der Waals surface area contributed by atoms with Gasteiger partial charge in [-0.3, -0.25) is 4.79 Å². The summed E-state index contributed by atoms with van der Waals surface area (Å²) >= 11 is 1.41. The Morgan fingerprint density at radius 3 is 2.69 bits per heavy atom. The monoisotopic (exact) mass is 236 g/mol. The third kappa shape index (κ3) is 3.24. The van der Waals surface area contributed by atoms with Gasteiger partial charge >= 0.3 is 5.97 Å². The van der Waals surface area contributed by atoms with Gasteiger partial charge < -0.3 is 5.11 Å². The molecule has 0 aliphatic carbocycles. The number of terminal acetylenes is 1. The number of rotatable bonds is 5. The normalized spacial score (nSPS) is 11.8.